The third-order valence-electron chi connectivity index (χ3n) is 3.06. The highest BCUT2D eigenvalue weighted by Gasteiger charge is 2.30. The first kappa shape index (κ1) is 14.5. The minimum Gasteiger partial charge on any atom is -0.444 e. The number of hydrogen-bond donors (Lipinski definition) is 0. The molecule has 7 nitrogen and oxygen atoms in total. The Balaban J connectivity index is 1.86. The van der Waals surface area contributed by atoms with Gasteiger partial charge in [-0.1, -0.05) is 5.21 Å². The maximum atomic E-state index is 11.9. The maximum Gasteiger partial charge on any atom is 0.410 e. The van der Waals surface area contributed by atoms with Crippen molar-refractivity contribution in [1.82, 2.24) is 19.9 Å². The molecule has 1 fully saturated rings. The highest BCUT2D eigenvalue weighted by atomic mass is 16.6. The van der Waals surface area contributed by atoms with Crippen LogP contribution in [0.15, 0.2) is 6.20 Å². The monoisotopic (exact) mass is 280 g/mol. The Bertz CT molecular complexity index is 492. The van der Waals surface area contributed by atoms with E-state index in [9.17, 15) is 9.59 Å². The Morgan fingerprint density at radius 1 is 1.55 bits per heavy atom. The lowest BCUT2D eigenvalue weighted by Crippen LogP contribution is -2.35. The van der Waals surface area contributed by atoms with Crippen molar-refractivity contribution in [1.29, 1.82) is 0 Å². The summed E-state index contributed by atoms with van der Waals surface area (Å²) in [7, 11) is 0. The third kappa shape index (κ3) is 3.79. The number of carbonyl (C=O) groups excluding carboxylic acids is 2. The molecule has 0 aliphatic carbocycles. The predicted octanol–water partition coefficient (Wildman–Crippen LogP) is 1.35. The highest BCUT2D eigenvalue weighted by molar-refractivity contribution is 5.70. The quantitative estimate of drug-likeness (QED) is 0.781. The molecular weight excluding hydrogens is 260 g/mol. The van der Waals surface area contributed by atoms with Crippen LogP contribution in [0.25, 0.3) is 0 Å². The largest absolute Gasteiger partial charge is 0.444 e. The number of likely N-dealkylation sites (tertiary alicyclic amines) is 1. The second-order valence-electron chi connectivity index (χ2n) is 6.06. The van der Waals surface area contributed by atoms with E-state index in [4.69, 9.17) is 4.74 Å². The van der Waals surface area contributed by atoms with Crippen molar-refractivity contribution in [2.45, 2.75) is 39.3 Å². The smallest absolute Gasteiger partial charge is 0.410 e. The molecule has 1 amide bonds. The van der Waals surface area contributed by atoms with E-state index >= 15 is 0 Å². The molecule has 0 radical (unpaired) electrons. The molecule has 0 spiro atoms. The molecule has 0 aromatic carbocycles. The van der Waals surface area contributed by atoms with Gasteiger partial charge in [-0.2, -0.15) is 0 Å². The molecule has 1 aliphatic heterocycles. The van der Waals surface area contributed by atoms with Gasteiger partial charge in [0.25, 0.3) is 0 Å². The van der Waals surface area contributed by atoms with Gasteiger partial charge in [-0.05, 0) is 33.1 Å². The number of hydrogen-bond acceptors (Lipinski definition) is 5. The number of rotatable bonds is 3. The second kappa shape index (κ2) is 5.60. The van der Waals surface area contributed by atoms with E-state index in [1.54, 1.807) is 15.8 Å². The molecule has 1 aromatic heterocycles. The van der Waals surface area contributed by atoms with Crippen molar-refractivity contribution in [2.75, 3.05) is 13.1 Å². The fourth-order valence-electron chi connectivity index (χ4n) is 2.20. The van der Waals surface area contributed by atoms with Crippen LogP contribution >= 0.6 is 0 Å². The van der Waals surface area contributed by atoms with Crippen LogP contribution in [0, 0.1) is 5.92 Å². The molecule has 0 unspecified atom stereocenters. The summed E-state index contributed by atoms with van der Waals surface area (Å²) in [5, 5.41) is 7.60. The Hall–Kier alpha value is -1.92. The van der Waals surface area contributed by atoms with Gasteiger partial charge in [-0.25, -0.2) is 4.79 Å². The number of aromatic nitrogens is 3. The van der Waals surface area contributed by atoms with Crippen molar-refractivity contribution in [2.24, 2.45) is 5.92 Å². The first-order valence-electron chi connectivity index (χ1n) is 6.70. The standard InChI is InChI=1S/C13H20N4O3/c1-13(2,3)20-12(19)16-5-4-10(6-16)7-17-8-11(9-18)14-15-17/h8-10H,4-7H2,1-3H3/t10-/m0/s1. The molecule has 7 heteroatoms. The zero-order chi connectivity index (χ0) is 14.8. The van der Waals surface area contributed by atoms with Crippen LogP contribution in [0.4, 0.5) is 4.79 Å². The topological polar surface area (TPSA) is 77.3 Å². The first-order valence-corrected chi connectivity index (χ1v) is 6.70. The van der Waals surface area contributed by atoms with Crippen LogP contribution in [0.5, 0.6) is 0 Å². The fourth-order valence-corrected chi connectivity index (χ4v) is 2.20. The summed E-state index contributed by atoms with van der Waals surface area (Å²) in [5.74, 6) is 0.309. The molecule has 1 atom stereocenters. The second-order valence-corrected chi connectivity index (χ2v) is 6.06. The lowest BCUT2D eigenvalue weighted by molar-refractivity contribution is 0.0286. The summed E-state index contributed by atoms with van der Waals surface area (Å²) in [6.07, 6.45) is 2.91. The van der Waals surface area contributed by atoms with Gasteiger partial charge < -0.3 is 9.64 Å². The van der Waals surface area contributed by atoms with Gasteiger partial charge in [0.1, 0.15) is 11.3 Å². The van der Waals surface area contributed by atoms with Crippen molar-refractivity contribution in [3.8, 4) is 0 Å². The van der Waals surface area contributed by atoms with E-state index in [0.29, 0.717) is 37.5 Å². The normalized spacial score (nSPS) is 19.1. The fraction of sp³-hybridized carbons (Fsp3) is 0.692. The summed E-state index contributed by atoms with van der Waals surface area (Å²) < 4.78 is 6.99. The number of amides is 1. The molecule has 1 aromatic rings. The van der Waals surface area contributed by atoms with Crippen LogP contribution in [0.3, 0.4) is 0 Å². The highest BCUT2D eigenvalue weighted by Crippen LogP contribution is 2.20. The van der Waals surface area contributed by atoms with Crippen LogP contribution < -0.4 is 0 Å². The van der Waals surface area contributed by atoms with Gasteiger partial charge in [0, 0.05) is 19.6 Å². The van der Waals surface area contributed by atoms with Crippen molar-refractivity contribution < 1.29 is 14.3 Å². The van der Waals surface area contributed by atoms with Gasteiger partial charge >= 0.3 is 6.09 Å². The Labute approximate surface area is 117 Å². The number of ether oxygens (including phenoxy) is 1. The molecule has 0 saturated carbocycles. The van der Waals surface area contributed by atoms with E-state index in [1.165, 1.54) is 0 Å². The SMILES string of the molecule is CC(C)(C)OC(=O)N1CC[C@H](Cn2cc(C=O)nn2)C1. The zero-order valence-corrected chi connectivity index (χ0v) is 12.1. The van der Waals surface area contributed by atoms with E-state index in [0.717, 1.165) is 6.42 Å². The van der Waals surface area contributed by atoms with Crippen molar-refractivity contribution in [3.63, 3.8) is 0 Å². The van der Waals surface area contributed by atoms with Crippen LogP contribution in [0.1, 0.15) is 37.7 Å². The van der Waals surface area contributed by atoms with Gasteiger partial charge in [0.2, 0.25) is 0 Å². The Kier molecular flexibility index (Phi) is 4.06. The summed E-state index contributed by atoms with van der Waals surface area (Å²) in [5.41, 5.74) is -0.146. The van der Waals surface area contributed by atoms with E-state index in [2.05, 4.69) is 10.3 Å². The van der Waals surface area contributed by atoms with Gasteiger partial charge in [-0.3, -0.25) is 9.48 Å². The molecule has 1 aliphatic rings. The van der Waals surface area contributed by atoms with Gasteiger partial charge in [0.05, 0.1) is 6.20 Å². The first-order chi connectivity index (χ1) is 9.37. The molecule has 2 heterocycles. The molecule has 20 heavy (non-hydrogen) atoms. The molecule has 0 N–H and O–H groups in total. The van der Waals surface area contributed by atoms with Crippen molar-refractivity contribution >= 4 is 12.4 Å². The molecule has 0 bridgehead atoms. The van der Waals surface area contributed by atoms with Crippen LogP contribution in [-0.2, 0) is 11.3 Å². The molecule has 110 valence electrons. The third-order valence-corrected chi connectivity index (χ3v) is 3.06. The summed E-state index contributed by atoms with van der Waals surface area (Å²) >= 11 is 0. The number of aldehydes is 1. The average Bonchev–Trinajstić information content (AvgIpc) is 2.96. The lowest BCUT2D eigenvalue weighted by atomic mass is 10.1. The predicted molar refractivity (Wildman–Crippen MR) is 71.3 cm³/mol. The summed E-state index contributed by atoms with van der Waals surface area (Å²) in [4.78, 5) is 24.2. The molecular formula is C13H20N4O3. The Morgan fingerprint density at radius 3 is 2.90 bits per heavy atom. The lowest BCUT2D eigenvalue weighted by Gasteiger charge is -2.24. The van der Waals surface area contributed by atoms with E-state index in [1.807, 2.05) is 20.8 Å². The van der Waals surface area contributed by atoms with Gasteiger partial charge in [0.15, 0.2) is 6.29 Å². The number of nitrogens with zero attached hydrogens (tertiary/aromatic N) is 4. The van der Waals surface area contributed by atoms with Crippen molar-refractivity contribution in [3.05, 3.63) is 11.9 Å². The minimum absolute atomic E-state index is 0.271. The minimum atomic E-state index is -0.472. The summed E-state index contributed by atoms with van der Waals surface area (Å²) in [6.45, 7) is 7.55. The van der Waals surface area contributed by atoms with E-state index in [-0.39, 0.29) is 6.09 Å². The van der Waals surface area contributed by atoms with E-state index < -0.39 is 5.60 Å². The average molecular weight is 280 g/mol. The molecule has 1 saturated heterocycles. The van der Waals surface area contributed by atoms with Gasteiger partial charge in [-0.15, -0.1) is 5.10 Å². The van der Waals surface area contributed by atoms with Crippen LogP contribution in [-0.4, -0.2) is 51.0 Å². The Morgan fingerprint density at radius 2 is 2.30 bits per heavy atom. The summed E-state index contributed by atoms with van der Waals surface area (Å²) in [6, 6.07) is 0. The van der Waals surface area contributed by atoms with Crippen LogP contribution in [0.2, 0.25) is 0 Å². The maximum absolute atomic E-state index is 11.9. The molecule has 2 rings (SSSR count). The number of carbonyl (C=O) groups is 2. The zero-order valence-electron chi connectivity index (χ0n) is 12.1.